The predicted molar refractivity (Wildman–Crippen MR) is 135 cm³/mol. The largest absolute Gasteiger partial charge is 0.483 e. The monoisotopic (exact) mass is 487 g/mol. The van der Waals surface area contributed by atoms with Crippen LogP contribution in [0.1, 0.15) is 53.1 Å². The third-order valence-corrected chi connectivity index (χ3v) is 6.78. The van der Waals surface area contributed by atoms with Crippen molar-refractivity contribution in [2.24, 2.45) is 5.84 Å². The molecule has 3 heterocycles. The molecule has 1 atom stereocenters. The van der Waals surface area contributed by atoms with Crippen molar-refractivity contribution >= 4 is 28.8 Å². The van der Waals surface area contributed by atoms with Crippen LogP contribution in [0.2, 0.25) is 0 Å². The minimum Gasteiger partial charge on any atom is -0.483 e. The number of nitrogens with two attached hydrogens (primary N) is 1. The number of aromatic amines is 1. The molecule has 1 aliphatic rings. The van der Waals surface area contributed by atoms with Crippen LogP contribution in [-0.2, 0) is 4.79 Å². The first-order chi connectivity index (χ1) is 17.0. The molecule has 2 aromatic heterocycles. The minimum atomic E-state index is -0.474. The van der Waals surface area contributed by atoms with Gasteiger partial charge in [-0.2, -0.15) is 16.4 Å². The van der Waals surface area contributed by atoms with Gasteiger partial charge in [0.1, 0.15) is 5.75 Å². The summed E-state index contributed by atoms with van der Waals surface area (Å²) in [6, 6.07) is 16.9. The number of hydrazine groups is 1. The number of para-hydroxylation sites is 1. The summed E-state index contributed by atoms with van der Waals surface area (Å²) in [7, 11) is 0. The van der Waals surface area contributed by atoms with Gasteiger partial charge in [0.25, 0.3) is 11.8 Å². The van der Waals surface area contributed by atoms with Gasteiger partial charge >= 0.3 is 0 Å². The van der Waals surface area contributed by atoms with E-state index < -0.39 is 11.9 Å². The normalized spacial score (nSPS) is 14.9. The highest BCUT2D eigenvalue weighted by molar-refractivity contribution is 7.08. The van der Waals surface area contributed by atoms with Crippen LogP contribution in [0.25, 0.3) is 11.1 Å². The van der Waals surface area contributed by atoms with E-state index in [9.17, 15) is 9.59 Å². The molecule has 2 aromatic carbocycles. The Kier molecular flexibility index (Phi) is 6.10. The fourth-order valence-electron chi connectivity index (χ4n) is 4.43. The number of amides is 2. The second kappa shape index (κ2) is 9.36. The third kappa shape index (κ3) is 4.09. The summed E-state index contributed by atoms with van der Waals surface area (Å²) in [6.07, 6.45) is 0. The highest BCUT2D eigenvalue weighted by Gasteiger charge is 2.44. The van der Waals surface area contributed by atoms with E-state index in [0.29, 0.717) is 11.4 Å². The number of carbonyl (C=O) groups is 2. The molecular formula is C26H25N5O3S. The van der Waals surface area contributed by atoms with Crippen molar-refractivity contribution in [3.05, 3.63) is 87.9 Å². The van der Waals surface area contributed by atoms with Gasteiger partial charge in [-0.1, -0.05) is 44.2 Å². The van der Waals surface area contributed by atoms with Gasteiger partial charge in [-0.3, -0.25) is 25.0 Å². The smallest absolute Gasteiger partial charge is 0.280 e. The molecule has 0 saturated heterocycles. The maximum absolute atomic E-state index is 13.7. The number of benzene rings is 2. The first-order valence-corrected chi connectivity index (χ1v) is 12.2. The fraction of sp³-hybridized carbons (Fsp3) is 0.192. The summed E-state index contributed by atoms with van der Waals surface area (Å²) in [6.45, 7) is 3.88. The SMILES string of the molecule is CC(C)c1[nH]nc2c1C(c1ccccc1OCC(=O)NN)N(c1ccc(-c3ccsc3)cc1)C2=O. The summed E-state index contributed by atoms with van der Waals surface area (Å²) in [5.41, 5.74) is 7.92. The average Bonchev–Trinajstić information content (AvgIpc) is 3.61. The van der Waals surface area contributed by atoms with Gasteiger partial charge in [0.2, 0.25) is 0 Å². The average molecular weight is 488 g/mol. The minimum absolute atomic E-state index is 0.124. The van der Waals surface area contributed by atoms with Gasteiger partial charge in [-0.15, -0.1) is 0 Å². The second-order valence-corrected chi connectivity index (χ2v) is 9.36. The Bertz CT molecular complexity index is 1360. The molecule has 178 valence electrons. The number of aromatic nitrogens is 2. The number of rotatable bonds is 7. The molecule has 0 bridgehead atoms. The fourth-order valence-corrected chi connectivity index (χ4v) is 5.10. The second-order valence-electron chi connectivity index (χ2n) is 8.58. The zero-order valence-corrected chi connectivity index (χ0v) is 20.1. The Labute approximate surface area is 206 Å². The number of anilines is 1. The van der Waals surface area contributed by atoms with Crippen molar-refractivity contribution in [1.29, 1.82) is 0 Å². The third-order valence-electron chi connectivity index (χ3n) is 6.10. The van der Waals surface area contributed by atoms with Crippen molar-refractivity contribution in [2.45, 2.75) is 25.8 Å². The molecule has 0 fully saturated rings. The van der Waals surface area contributed by atoms with Crippen molar-refractivity contribution < 1.29 is 14.3 Å². The molecule has 0 saturated carbocycles. The van der Waals surface area contributed by atoms with E-state index in [2.05, 4.69) is 40.9 Å². The van der Waals surface area contributed by atoms with Crippen LogP contribution in [0.3, 0.4) is 0 Å². The first-order valence-electron chi connectivity index (χ1n) is 11.2. The topological polar surface area (TPSA) is 113 Å². The molecule has 1 unspecified atom stereocenters. The number of carbonyl (C=O) groups excluding carboxylic acids is 2. The quantitative estimate of drug-likeness (QED) is 0.203. The Morgan fingerprint density at radius 3 is 2.63 bits per heavy atom. The molecule has 0 aliphatic carbocycles. The molecule has 4 N–H and O–H groups in total. The van der Waals surface area contributed by atoms with Crippen LogP contribution in [0.5, 0.6) is 5.75 Å². The van der Waals surface area contributed by atoms with Crippen molar-refractivity contribution in [2.75, 3.05) is 11.5 Å². The first kappa shape index (κ1) is 22.8. The number of H-pyrrole nitrogens is 1. The van der Waals surface area contributed by atoms with E-state index in [-0.39, 0.29) is 18.4 Å². The number of ether oxygens (including phenoxy) is 1. The Morgan fingerprint density at radius 1 is 1.17 bits per heavy atom. The number of hydrogen-bond acceptors (Lipinski definition) is 6. The van der Waals surface area contributed by atoms with E-state index in [0.717, 1.165) is 33.6 Å². The zero-order valence-electron chi connectivity index (χ0n) is 19.3. The molecule has 1 aliphatic heterocycles. The highest BCUT2D eigenvalue weighted by atomic mass is 32.1. The summed E-state index contributed by atoms with van der Waals surface area (Å²) >= 11 is 1.64. The summed E-state index contributed by atoms with van der Waals surface area (Å²) < 4.78 is 5.82. The van der Waals surface area contributed by atoms with Crippen LogP contribution >= 0.6 is 11.3 Å². The zero-order chi connectivity index (χ0) is 24.5. The molecular weight excluding hydrogens is 462 g/mol. The van der Waals surface area contributed by atoms with Crippen LogP contribution in [0.15, 0.2) is 65.4 Å². The van der Waals surface area contributed by atoms with Gasteiger partial charge in [0, 0.05) is 22.5 Å². The number of nitrogens with one attached hydrogen (secondary N) is 2. The van der Waals surface area contributed by atoms with Gasteiger partial charge in [-0.05, 0) is 52.1 Å². The lowest BCUT2D eigenvalue weighted by atomic mass is 9.94. The maximum atomic E-state index is 13.7. The Morgan fingerprint density at radius 2 is 1.94 bits per heavy atom. The van der Waals surface area contributed by atoms with E-state index in [1.54, 1.807) is 22.3 Å². The van der Waals surface area contributed by atoms with Crippen LogP contribution in [0.4, 0.5) is 5.69 Å². The van der Waals surface area contributed by atoms with E-state index in [4.69, 9.17) is 10.6 Å². The van der Waals surface area contributed by atoms with Crippen LogP contribution in [-0.4, -0.2) is 28.6 Å². The highest BCUT2D eigenvalue weighted by Crippen LogP contribution is 2.46. The van der Waals surface area contributed by atoms with Crippen LogP contribution in [0, 0.1) is 0 Å². The molecule has 0 radical (unpaired) electrons. The van der Waals surface area contributed by atoms with Crippen molar-refractivity contribution in [3.8, 4) is 16.9 Å². The van der Waals surface area contributed by atoms with Crippen molar-refractivity contribution in [1.82, 2.24) is 15.6 Å². The van der Waals surface area contributed by atoms with E-state index >= 15 is 0 Å². The molecule has 4 aromatic rings. The van der Waals surface area contributed by atoms with Gasteiger partial charge in [-0.25, -0.2) is 5.84 Å². The molecule has 8 nitrogen and oxygen atoms in total. The summed E-state index contributed by atoms with van der Waals surface area (Å²) in [4.78, 5) is 27.2. The lowest BCUT2D eigenvalue weighted by molar-refractivity contribution is -0.123. The maximum Gasteiger partial charge on any atom is 0.280 e. The number of hydrogen-bond donors (Lipinski definition) is 3. The molecule has 2 amide bonds. The standard InChI is InChI=1S/C26H25N5O3S/c1-15(2)23-22-24(30-29-23)26(33)31(18-9-7-16(8-10-18)17-11-12-35-14-17)25(22)19-5-3-4-6-20(19)34-13-21(32)28-27/h3-12,14-15,25H,13,27H2,1-2H3,(H,28,32)(H,29,30). The molecule has 5 rings (SSSR count). The van der Waals surface area contributed by atoms with Gasteiger partial charge < -0.3 is 4.74 Å². The number of nitrogens with zero attached hydrogens (tertiary/aromatic N) is 2. The lowest BCUT2D eigenvalue weighted by Crippen LogP contribution is -2.34. The molecule has 0 spiro atoms. The number of fused-ring (bicyclic) bond motifs is 1. The predicted octanol–water partition coefficient (Wildman–Crippen LogP) is 4.38. The van der Waals surface area contributed by atoms with Crippen molar-refractivity contribution in [3.63, 3.8) is 0 Å². The Balaban J connectivity index is 1.61. The van der Waals surface area contributed by atoms with E-state index in [1.165, 1.54) is 0 Å². The van der Waals surface area contributed by atoms with E-state index in [1.807, 2.05) is 47.8 Å². The van der Waals surface area contributed by atoms with Gasteiger partial charge in [0.05, 0.1) is 6.04 Å². The molecule has 9 heteroatoms. The summed E-state index contributed by atoms with van der Waals surface area (Å²) in [5.74, 6) is 5.20. The lowest BCUT2D eigenvalue weighted by Gasteiger charge is -2.28. The van der Waals surface area contributed by atoms with Crippen LogP contribution < -0.4 is 20.9 Å². The summed E-state index contributed by atoms with van der Waals surface area (Å²) in [5, 5.41) is 11.6. The number of thiophene rings is 1. The Hall–Kier alpha value is -3.95. The molecule has 35 heavy (non-hydrogen) atoms. The van der Waals surface area contributed by atoms with Gasteiger partial charge in [0.15, 0.2) is 12.3 Å².